The summed E-state index contributed by atoms with van der Waals surface area (Å²) in [5, 5.41) is 4.71. The number of benzene rings is 1. The first kappa shape index (κ1) is 8.98. The molecule has 0 fully saturated rings. The summed E-state index contributed by atoms with van der Waals surface area (Å²) in [7, 11) is 2.02. The average Bonchev–Trinajstić information content (AvgIpc) is 2.84. The second-order valence-corrected chi connectivity index (χ2v) is 4.34. The topological polar surface area (TPSA) is 17.0 Å². The van der Waals surface area contributed by atoms with Crippen LogP contribution in [-0.4, -0.2) is 11.6 Å². The smallest absolute Gasteiger partial charge is 0.0516 e. The molecule has 0 amide bonds. The van der Waals surface area contributed by atoms with Gasteiger partial charge in [-0.15, -0.1) is 0 Å². The lowest BCUT2D eigenvalue weighted by Crippen LogP contribution is -2.16. The Morgan fingerprint density at radius 1 is 1.40 bits per heavy atom. The number of aryl methyl sites for hydroxylation is 2. The van der Waals surface area contributed by atoms with Gasteiger partial charge in [0.1, 0.15) is 0 Å². The summed E-state index contributed by atoms with van der Waals surface area (Å²) in [5.41, 5.74) is 4.37. The molecule has 1 aliphatic rings. The number of para-hydroxylation sites is 1. The van der Waals surface area contributed by atoms with E-state index in [4.69, 9.17) is 0 Å². The predicted octanol–water partition coefficient (Wildman–Crippen LogP) is 2.48. The summed E-state index contributed by atoms with van der Waals surface area (Å²) >= 11 is 0. The number of nitrogens with one attached hydrogen (secondary N) is 1. The molecule has 78 valence electrons. The van der Waals surface area contributed by atoms with E-state index in [0.717, 1.165) is 6.54 Å². The van der Waals surface area contributed by atoms with E-state index in [-0.39, 0.29) is 0 Å². The summed E-state index contributed by atoms with van der Waals surface area (Å²) in [6.45, 7) is 3.36. The zero-order valence-corrected chi connectivity index (χ0v) is 9.25. The fourth-order valence-corrected chi connectivity index (χ4v) is 2.60. The number of nitrogens with zero attached hydrogens (tertiary/aromatic N) is 1. The van der Waals surface area contributed by atoms with E-state index in [0.29, 0.717) is 6.04 Å². The quantitative estimate of drug-likeness (QED) is 0.788. The molecule has 1 aromatic heterocycles. The average molecular weight is 200 g/mol. The van der Waals surface area contributed by atoms with Crippen LogP contribution in [0.2, 0.25) is 0 Å². The van der Waals surface area contributed by atoms with Gasteiger partial charge in [-0.05, 0) is 32.0 Å². The largest absolute Gasteiger partial charge is 0.343 e. The van der Waals surface area contributed by atoms with Gasteiger partial charge >= 0.3 is 0 Å². The standard InChI is InChI=1S/C13H16N2/c1-9(14-2)12-8-11-5-3-4-10-6-7-15(12)13(10)11/h3-5,8-9,14H,6-7H2,1-2H3. The molecule has 0 saturated carbocycles. The lowest BCUT2D eigenvalue weighted by Gasteiger charge is -2.12. The third-order valence-corrected chi connectivity index (χ3v) is 3.52. The van der Waals surface area contributed by atoms with Crippen LogP contribution in [-0.2, 0) is 13.0 Å². The molecule has 1 unspecified atom stereocenters. The second kappa shape index (κ2) is 3.11. The fraction of sp³-hybridized carbons (Fsp3) is 0.385. The number of hydrogen-bond donors (Lipinski definition) is 1. The number of aromatic nitrogens is 1. The monoisotopic (exact) mass is 200 g/mol. The van der Waals surface area contributed by atoms with Crippen molar-refractivity contribution in [1.29, 1.82) is 0 Å². The zero-order chi connectivity index (χ0) is 10.4. The molecule has 3 rings (SSSR count). The Balaban J connectivity index is 2.29. The van der Waals surface area contributed by atoms with Gasteiger partial charge in [-0.3, -0.25) is 0 Å². The fourth-order valence-electron chi connectivity index (χ4n) is 2.60. The molecule has 2 heteroatoms. The maximum absolute atomic E-state index is 3.32. The lowest BCUT2D eigenvalue weighted by molar-refractivity contribution is 0.588. The highest BCUT2D eigenvalue weighted by Gasteiger charge is 2.19. The van der Waals surface area contributed by atoms with Crippen molar-refractivity contribution in [2.24, 2.45) is 0 Å². The Bertz CT molecular complexity index is 510. The van der Waals surface area contributed by atoms with Gasteiger partial charge in [0, 0.05) is 23.7 Å². The summed E-state index contributed by atoms with van der Waals surface area (Å²) < 4.78 is 2.46. The van der Waals surface area contributed by atoms with Crippen molar-refractivity contribution in [3.8, 4) is 0 Å². The molecule has 2 aromatic rings. The van der Waals surface area contributed by atoms with Crippen LogP contribution in [0.1, 0.15) is 24.2 Å². The summed E-state index contributed by atoms with van der Waals surface area (Å²) in [4.78, 5) is 0. The van der Waals surface area contributed by atoms with E-state index in [2.05, 4.69) is 41.1 Å². The molecule has 1 aromatic carbocycles. The first-order valence-corrected chi connectivity index (χ1v) is 5.59. The van der Waals surface area contributed by atoms with Crippen LogP contribution in [0.4, 0.5) is 0 Å². The molecule has 15 heavy (non-hydrogen) atoms. The van der Waals surface area contributed by atoms with E-state index in [9.17, 15) is 0 Å². The van der Waals surface area contributed by atoms with E-state index < -0.39 is 0 Å². The summed E-state index contributed by atoms with van der Waals surface area (Å²) in [6.07, 6.45) is 1.19. The Labute approximate surface area is 89.9 Å². The van der Waals surface area contributed by atoms with Crippen LogP contribution in [0, 0.1) is 0 Å². The molecule has 1 atom stereocenters. The molecule has 0 spiro atoms. The van der Waals surface area contributed by atoms with Crippen LogP contribution < -0.4 is 5.32 Å². The lowest BCUT2D eigenvalue weighted by atomic mass is 10.1. The molecule has 1 aliphatic heterocycles. The molecule has 0 aliphatic carbocycles. The first-order valence-electron chi connectivity index (χ1n) is 5.59. The van der Waals surface area contributed by atoms with Crippen molar-refractivity contribution in [3.05, 3.63) is 35.5 Å². The minimum Gasteiger partial charge on any atom is -0.343 e. The third-order valence-electron chi connectivity index (χ3n) is 3.52. The van der Waals surface area contributed by atoms with Gasteiger partial charge in [-0.2, -0.15) is 0 Å². The van der Waals surface area contributed by atoms with Crippen molar-refractivity contribution < 1.29 is 0 Å². The Hall–Kier alpha value is -1.28. The minimum absolute atomic E-state index is 0.434. The van der Waals surface area contributed by atoms with Crippen molar-refractivity contribution in [1.82, 2.24) is 9.88 Å². The number of hydrogen-bond acceptors (Lipinski definition) is 1. The highest BCUT2D eigenvalue weighted by atomic mass is 15.0. The maximum Gasteiger partial charge on any atom is 0.0516 e. The van der Waals surface area contributed by atoms with Gasteiger partial charge in [0.2, 0.25) is 0 Å². The van der Waals surface area contributed by atoms with Gasteiger partial charge in [-0.25, -0.2) is 0 Å². The Morgan fingerprint density at radius 3 is 3.07 bits per heavy atom. The molecule has 0 radical (unpaired) electrons. The van der Waals surface area contributed by atoms with Crippen molar-refractivity contribution >= 4 is 10.9 Å². The van der Waals surface area contributed by atoms with Gasteiger partial charge in [-0.1, -0.05) is 18.2 Å². The van der Waals surface area contributed by atoms with Crippen molar-refractivity contribution in [3.63, 3.8) is 0 Å². The van der Waals surface area contributed by atoms with E-state index in [1.165, 1.54) is 28.6 Å². The molecular weight excluding hydrogens is 184 g/mol. The maximum atomic E-state index is 3.32. The first-order chi connectivity index (χ1) is 7.31. The highest BCUT2D eigenvalue weighted by molar-refractivity contribution is 5.85. The van der Waals surface area contributed by atoms with Crippen LogP contribution in [0.5, 0.6) is 0 Å². The molecule has 2 heterocycles. The van der Waals surface area contributed by atoms with Crippen LogP contribution in [0.15, 0.2) is 24.3 Å². The van der Waals surface area contributed by atoms with E-state index in [1.807, 2.05) is 7.05 Å². The third kappa shape index (κ3) is 1.15. The molecule has 2 nitrogen and oxygen atoms in total. The molecular formula is C13H16N2. The number of rotatable bonds is 2. The molecule has 0 saturated heterocycles. The zero-order valence-electron chi connectivity index (χ0n) is 9.25. The van der Waals surface area contributed by atoms with E-state index in [1.54, 1.807) is 0 Å². The van der Waals surface area contributed by atoms with Gasteiger partial charge in [0.05, 0.1) is 5.52 Å². The summed E-state index contributed by atoms with van der Waals surface area (Å²) in [5.74, 6) is 0. The molecule has 1 N–H and O–H groups in total. The van der Waals surface area contributed by atoms with Crippen LogP contribution >= 0.6 is 0 Å². The second-order valence-electron chi connectivity index (χ2n) is 4.34. The SMILES string of the molecule is CNC(C)c1cc2cccc3c2n1CC3. The van der Waals surface area contributed by atoms with Gasteiger partial charge in [0.25, 0.3) is 0 Å². The molecule has 0 bridgehead atoms. The Morgan fingerprint density at radius 2 is 2.27 bits per heavy atom. The van der Waals surface area contributed by atoms with E-state index >= 15 is 0 Å². The van der Waals surface area contributed by atoms with Gasteiger partial charge in [0.15, 0.2) is 0 Å². The predicted molar refractivity (Wildman–Crippen MR) is 63.1 cm³/mol. The van der Waals surface area contributed by atoms with Crippen molar-refractivity contribution in [2.75, 3.05) is 7.05 Å². The minimum atomic E-state index is 0.434. The Kier molecular flexibility index (Phi) is 1.86. The van der Waals surface area contributed by atoms with Gasteiger partial charge < -0.3 is 9.88 Å². The van der Waals surface area contributed by atoms with Crippen LogP contribution in [0.3, 0.4) is 0 Å². The highest BCUT2D eigenvalue weighted by Crippen LogP contribution is 2.31. The normalized spacial score (nSPS) is 16.1. The van der Waals surface area contributed by atoms with Crippen LogP contribution in [0.25, 0.3) is 10.9 Å². The van der Waals surface area contributed by atoms with Crippen molar-refractivity contribution in [2.45, 2.75) is 25.9 Å². The summed E-state index contributed by atoms with van der Waals surface area (Å²) in [6, 6.07) is 9.38.